The van der Waals surface area contributed by atoms with E-state index >= 15 is 0 Å². The van der Waals surface area contributed by atoms with Crippen LogP contribution in [0.1, 0.15) is 39.5 Å². The van der Waals surface area contributed by atoms with Crippen LogP contribution in [0.25, 0.3) is 0 Å². The minimum absolute atomic E-state index is 0.199. The molecule has 2 aliphatic heterocycles. The van der Waals surface area contributed by atoms with Crippen molar-refractivity contribution in [2.75, 3.05) is 31.7 Å². The van der Waals surface area contributed by atoms with Crippen LogP contribution in [0.15, 0.2) is 4.99 Å². The van der Waals surface area contributed by atoms with E-state index in [1.165, 1.54) is 37.2 Å². The Morgan fingerprint density at radius 1 is 1.27 bits per heavy atom. The zero-order valence-electron chi connectivity index (χ0n) is 14.2. The van der Waals surface area contributed by atoms with Gasteiger partial charge in [0.05, 0.1) is 6.10 Å². The normalized spacial score (nSPS) is 35.4. The lowest BCUT2D eigenvalue weighted by atomic mass is 9.55. The molecule has 0 amide bonds. The fraction of sp³-hybridized carbons (Fsp3) is 0.941. The third-order valence-electron chi connectivity index (χ3n) is 5.75. The maximum absolute atomic E-state index is 5.99. The van der Waals surface area contributed by atoms with Crippen LogP contribution < -0.4 is 10.6 Å². The number of hydrogen-bond acceptors (Lipinski definition) is 3. The van der Waals surface area contributed by atoms with Crippen molar-refractivity contribution in [1.29, 1.82) is 0 Å². The Kier molecular flexibility index (Phi) is 5.23. The van der Waals surface area contributed by atoms with Gasteiger partial charge in [0.1, 0.15) is 0 Å². The SMILES string of the molecule is CN=C(NCC1CCSCC1)NC1C2CCCOC2C1(C)C. The summed E-state index contributed by atoms with van der Waals surface area (Å²) in [5.74, 6) is 5.05. The third-order valence-corrected chi connectivity index (χ3v) is 6.79. The van der Waals surface area contributed by atoms with E-state index in [0.29, 0.717) is 18.1 Å². The molecule has 2 saturated heterocycles. The first-order chi connectivity index (χ1) is 10.6. The summed E-state index contributed by atoms with van der Waals surface area (Å²) >= 11 is 2.09. The van der Waals surface area contributed by atoms with E-state index in [1.54, 1.807) is 0 Å². The highest BCUT2D eigenvalue weighted by atomic mass is 32.2. The monoisotopic (exact) mass is 325 g/mol. The van der Waals surface area contributed by atoms with Crippen molar-refractivity contribution in [2.45, 2.75) is 51.7 Å². The molecule has 0 aromatic heterocycles. The number of thioether (sulfide) groups is 1. The van der Waals surface area contributed by atoms with E-state index in [0.717, 1.165) is 25.0 Å². The van der Waals surface area contributed by atoms with Gasteiger partial charge in [0, 0.05) is 37.6 Å². The Bertz CT molecular complexity index is 407. The van der Waals surface area contributed by atoms with E-state index < -0.39 is 0 Å². The van der Waals surface area contributed by atoms with Gasteiger partial charge < -0.3 is 15.4 Å². The van der Waals surface area contributed by atoms with E-state index in [9.17, 15) is 0 Å². The van der Waals surface area contributed by atoms with Crippen molar-refractivity contribution < 1.29 is 4.74 Å². The number of nitrogens with zero attached hydrogens (tertiary/aromatic N) is 1. The van der Waals surface area contributed by atoms with Gasteiger partial charge in [0.25, 0.3) is 0 Å². The van der Waals surface area contributed by atoms with Crippen molar-refractivity contribution in [3.05, 3.63) is 0 Å². The maximum Gasteiger partial charge on any atom is 0.191 e. The molecule has 3 atom stereocenters. The molecule has 5 heteroatoms. The Morgan fingerprint density at radius 2 is 2.05 bits per heavy atom. The molecule has 0 spiro atoms. The lowest BCUT2D eigenvalue weighted by molar-refractivity contribution is -0.188. The summed E-state index contributed by atoms with van der Waals surface area (Å²) in [6, 6.07) is 0.478. The number of nitrogens with one attached hydrogen (secondary N) is 2. The van der Waals surface area contributed by atoms with Crippen LogP contribution in [0.4, 0.5) is 0 Å². The molecule has 1 saturated carbocycles. The van der Waals surface area contributed by atoms with Gasteiger partial charge in [0.2, 0.25) is 0 Å². The summed E-state index contributed by atoms with van der Waals surface area (Å²) in [4.78, 5) is 4.45. The Labute approximate surface area is 139 Å². The zero-order valence-corrected chi connectivity index (χ0v) is 15.0. The van der Waals surface area contributed by atoms with Gasteiger partial charge >= 0.3 is 0 Å². The lowest BCUT2D eigenvalue weighted by Crippen LogP contribution is -2.71. The molecule has 2 heterocycles. The van der Waals surface area contributed by atoms with E-state index in [1.807, 2.05) is 7.05 Å². The number of aliphatic imine (C=N–C) groups is 1. The average molecular weight is 326 g/mol. The lowest BCUT2D eigenvalue weighted by Gasteiger charge is -2.60. The molecule has 2 N–H and O–H groups in total. The fourth-order valence-electron chi connectivity index (χ4n) is 4.35. The van der Waals surface area contributed by atoms with Crippen LogP contribution in [-0.4, -0.2) is 49.8 Å². The highest BCUT2D eigenvalue weighted by Crippen LogP contribution is 2.51. The average Bonchev–Trinajstić information content (AvgIpc) is 2.56. The highest BCUT2D eigenvalue weighted by Gasteiger charge is 2.58. The minimum atomic E-state index is 0.199. The van der Waals surface area contributed by atoms with E-state index in [-0.39, 0.29) is 5.41 Å². The van der Waals surface area contributed by atoms with Gasteiger partial charge in [-0.05, 0) is 43.1 Å². The molecule has 0 aromatic rings. The van der Waals surface area contributed by atoms with E-state index in [2.05, 4.69) is 41.2 Å². The predicted octanol–water partition coefficient (Wildman–Crippen LogP) is 2.50. The van der Waals surface area contributed by atoms with Crippen LogP contribution in [0.2, 0.25) is 0 Å². The highest BCUT2D eigenvalue weighted by molar-refractivity contribution is 7.99. The smallest absolute Gasteiger partial charge is 0.191 e. The molecule has 3 fully saturated rings. The molecule has 0 radical (unpaired) electrons. The van der Waals surface area contributed by atoms with Gasteiger partial charge in [-0.15, -0.1) is 0 Å². The molecule has 3 aliphatic rings. The first kappa shape index (κ1) is 16.4. The summed E-state index contributed by atoms with van der Waals surface area (Å²) in [5.41, 5.74) is 0.199. The number of hydrogen-bond donors (Lipinski definition) is 2. The summed E-state index contributed by atoms with van der Waals surface area (Å²) in [5, 5.41) is 7.25. The molecular formula is C17H31N3OS. The summed E-state index contributed by atoms with van der Waals surface area (Å²) in [6.07, 6.45) is 5.57. The van der Waals surface area contributed by atoms with Gasteiger partial charge in [-0.1, -0.05) is 13.8 Å². The largest absolute Gasteiger partial charge is 0.377 e. The van der Waals surface area contributed by atoms with Crippen molar-refractivity contribution in [2.24, 2.45) is 22.2 Å². The Hall–Kier alpha value is -0.420. The molecule has 0 aromatic carbocycles. The predicted molar refractivity (Wildman–Crippen MR) is 94.6 cm³/mol. The fourth-order valence-corrected chi connectivity index (χ4v) is 5.55. The molecule has 126 valence electrons. The Balaban J connectivity index is 1.51. The van der Waals surface area contributed by atoms with Crippen molar-refractivity contribution in [3.63, 3.8) is 0 Å². The first-order valence-corrected chi connectivity index (χ1v) is 9.95. The van der Waals surface area contributed by atoms with Crippen LogP contribution >= 0.6 is 11.8 Å². The number of fused-ring (bicyclic) bond motifs is 1. The zero-order chi connectivity index (χ0) is 15.6. The van der Waals surface area contributed by atoms with E-state index in [4.69, 9.17) is 4.74 Å². The molecule has 0 bridgehead atoms. The first-order valence-electron chi connectivity index (χ1n) is 8.79. The van der Waals surface area contributed by atoms with Crippen LogP contribution in [0.5, 0.6) is 0 Å². The summed E-state index contributed by atoms with van der Waals surface area (Å²) in [7, 11) is 1.88. The molecule has 3 unspecified atom stereocenters. The standard InChI is InChI=1S/C17H31N3OS/c1-17(2)14(13-5-4-8-21-15(13)17)20-16(18-3)19-11-12-6-9-22-10-7-12/h12-15H,4-11H2,1-3H3,(H2,18,19,20). The summed E-state index contributed by atoms with van der Waals surface area (Å²) < 4.78 is 5.99. The summed E-state index contributed by atoms with van der Waals surface area (Å²) in [6.45, 7) is 6.63. The molecule has 4 nitrogen and oxygen atoms in total. The van der Waals surface area contributed by atoms with Crippen molar-refractivity contribution in [1.82, 2.24) is 10.6 Å². The molecular weight excluding hydrogens is 294 g/mol. The molecule has 22 heavy (non-hydrogen) atoms. The minimum Gasteiger partial charge on any atom is -0.377 e. The second-order valence-corrected chi connectivity index (χ2v) is 8.77. The van der Waals surface area contributed by atoms with Gasteiger partial charge in [-0.25, -0.2) is 0 Å². The molecule has 3 rings (SSSR count). The maximum atomic E-state index is 5.99. The van der Waals surface area contributed by atoms with Crippen LogP contribution in [0, 0.1) is 17.3 Å². The van der Waals surface area contributed by atoms with Gasteiger partial charge in [-0.3, -0.25) is 4.99 Å². The third kappa shape index (κ3) is 3.25. The number of rotatable bonds is 3. The quantitative estimate of drug-likeness (QED) is 0.618. The van der Waals surface area contributed by atoms with Crippen molar-refractivity contribution >= 4 is 17.7 Å². The second-order valence-electron chi connectivity index (χ2n) is 7.55. The van der Waals surface area contributed by atoms with Gasteiger partial charge in [-0.2, -0.15) is 11.8 Å². The number of ether oxygens (including phenoxy) is 1. The number of guanidine groups is 1. The van der Waals surface area contributed by atoms with Crippen molar-refractivity contribution in [3.8, 4) is 0 Å². The van der Waals surface area contributed by atoms with Crippen LogP contribution in [-0.2, 0) is 4.74 Å². The van der Waals surface area contributed by atoms with Gasteiger partial charge in [0.15, 0.2) is 5.96 Å². The second kappa shape index (κ2) is 7.00. The topological polar surface area (TPSA) is 45.7 Å². The van der Waals surface area contributed by atoms with Crippen LogP contribution in [0.3, 0.4) is 0 Å². The Morgan fingerprint density at radius 3 is 2.77 bits per heavy atom. The molecule has 1 aliphatic carbocycles.